The Hall–Kier alpha value is -2.65. The van der Waals surface area contributed by atoms with Crippen molar-refractivity contribution in [3.8, 4) is 11.3 Å². The zero-order valence-electron chi connectivity index (χ0n) is 13.6. The van der Waals surface area contributed by atoms with E-state index in [9.17, 15) is 0 Å². The minimum Gasteiger partial charge on any atom is -0.456 e. The maximum atomic E-state index is 6.13. The molecule has 0 saturated carbocycles. The summed E-state index contributed by atoms with van der Waals surface area (Å²) in [4.78, 5) is 3.56. The molecule has 1 N–H and O–H groups in total. The summed E-state index contributed by atoms with van der Waals surface area (Å²) in [6.07, 6.45) is 0. The van der Waals surface area contributed by atoms with Crippen molar-refractivity contribution >= 4 is 26.9 Å². The zero-order chi connectivity index (χ0) is 17.1. The van der Waals surface area contributed by atoms with Crippen LogP contribution in [-0.2, 0) is 6.54 Å². The third kappa shape index (κ3) is 3.57. The van der Waals surface area contributed by atoms with Gasteiger partial charge in [0.2, 0.25) is 5.36 Å². The smallest absolute Gasteiger partial charge is 0.213 e. The van der Waals surface area contributed by atoms with Crippen molar-refractivity contribution in [1.82, 2.24) is 0 Å². The predicted octanol–water partition coefficient (Wildman–Crippen LogP) is 4.04. The van der Waals surface area contributed by atoms with Crippen LogP contribution in [0.4, 0.5) is 0 Å². The third-order valence-electron chi connectivity index (χ3n) is 4.11. The normalized spacial score (nSPS) is 11.8. The van der Waals surface area contributed by atoms with E-state index in [0.717, 1.165) is 38.7 Å². The second-order valence-electron chi connectivity index (χ2n) is 5.87. The molecular formula is C22H17BrNO+. The molecule has 0 saturated heterocycles. The molecule has 0 amide bonds. The van der Waals surface area contributed by atoms with Crippen molar-refractivity contribution in [2.24, 2.45) is 0 Å². The second kappa shape index (κ2) is 7.08. The summed E-state index contributed by atoms with van der Waals surface area (Å²) in [5.41, 5.74) is 3.17. The lowest BCUT2D eigenvalue weighted by molar-refractivity contribution is -0.516. The minimum atomic E-state index is 0.765. The number of hydrogen-bond donors (Lipinski definition) is 1. The highest BCUT2D eigenvalue weighted by Crippen LogP contribution is 2.23. The molecule has 1 aromatic heterocycles. The Kier molecular flexibility index (Phi) is 4.49. The molecule has 0 unspecified atom stereocenters. The Morgan fingerprint density at radius 1 is 0.800 bits per heavy atom. The van der Waals surface area contributed by atoms with Gasteiger partial charge in [-0.1, -0.05) is 76.6 Å². The van der Waals surface area contributed by atoms with E-state index in [1.165, 1.54) is 5.56 Å². The van der Waals surface area contributed by atoms with Crippen LogP contribution >= 0.6 is 15.9 Å². The molecule has 0 aliphatic carbocycles. The van der Waals surface area contributed by atoms with Crippen LogP contribution in [0.2, 0.25) is 0 Å². The highest BCUT2D eigenvalue weighted by atomic mass is 79.9. The highest BCUT2D eigenvalue weighted by molar-refractivity contribution is 9.10. The summed E-state index contributed by atoms with van der Waals surface area (Å²) in [6.45, 7) is 0.765. The van der Waals surface area contributed by atoms with Crippen LogP contribution in [0.3, 0.4) is 0 Å². The lowest BCUT2D eigenvalue weighted by Crippen LogP contribution is -2.75. The van der Waals surface area contributed by atoms with Gasteiger partial charge in [-0.15, -0.1) is 0 Å². The van der Waals surface area contributed by atoms with Gasteiger partial charge < -0.3 is 4.42 Å². The molecule has 4 rings (SSSR count). The summed E-state index contributed by atoms with van der Waals surface area (Å²) in [7, 11) is 0. The molecule has 0 aliphatic rings. The largest absolute Gasteiger partial charge is 0.456 e. The van der Waals surface area contributed by atoms with Gasteiger partial charge in [-0.2, -0.15) is 0 Å². The van der Waals surface area contributed by atoms with Gasteiger partial charge in [-0.25, -0.2) is 4.99 Å². The first-order valence-electron chi connectivity index (χ1n) is 8.19. The minimum absolute atomic E-state index is 0.765. The number of nitrogens with one attached hydrogen (secondary N) is 1. The van der Waals surface area contributed by atoms with Crippen molar-refractivity contribution in [1.29, 1.82) is 0 Å². The van der Waals surface area contributed by atoms with Crippen molar-refractivity contribution in [2.45, 2.75) is 6.54 Å². The fraction of sp³-hybridized carbons (Fsp3) is 0.0455. The predicted molar refractivity (Wildman–Crippen MR) is 104 cm³/mol. The molecule has 2 nitrogen and oxygen atoms in total. The molecule has 25 heavy (non-hydrogen) atoms. The molecule has 0 radical (unpaired) electrons. The Morgan fingerprint density at radius 2 is 1.52 bits per heavy atom. The molecule has 3 heteroatoms. The van der Waals surface area contributed by atoms with E-state index in [-0.39, 0.29) is 0 Å². The van der Waals surface area contributed by atoms with Gasteiger partial charge >= 0.3 is 0 Å². The van der Waals surface area contributed by atoms with Crippen LogP contribution in [0, 0.1) is 0 Å². The van der Waals surface area contributed by atoms with Gasteiger partial charge in [0.15, 0.2) is 6.54 Å². The van der Waals surface area contributed by atoms with Crippen molar-refractivity contribution < 1.29 is 9.41 Å². The van der Waals surface area contributed by atoms with Crippen LogP contribution in [-0.4, -0.2) is 0 Å². The number of benzene rings is 3. The van der Waals surface area contributed by atoms with Crippen LogP contribution in [0.25, 0.3) is 22.3 Å². The summed E-state index contributed by atoms with van der Waals surface area (Å²) in [6, 6.07) is 28.7. The number of rotatable bonds is 3. The van der Waals surface area contributed by atoms with Gasteiger partial charge in [-0.05, 0) is 18.2 Å². The van der Waals surface area contributed by atoms with Gasteiger partial charge in [0.05, 0.1) is 11.5 Å². The number of halogens is 1. The third-order valence-corrected chi connectivity index (χ3v) is 4.60. The van der Waals surface area contributed by atoms with E-state index in [1.54, 1.807) is 0 Å². The Labute approximate surface area is 154 Å². The molecule has 0 atom stereocenters. The number of hydrogen-bond acceptors (Lipinski definition) is 1. The van der Waals surface area contributed by atoms with Crippen molar-refractivity contribution in [3.05, 3.63) is 100 Å². The summed E-state index contributed by atoms with van der Waals surface area (Å²) in [5.74, 6) is 0.853. The van der Waals surface area contributed by atoms with E-state index in [2.05, 4.69) is 69.5 Å². The first-order valence-corrected chi connectivity index (χ1v) is 8.98. The van der Waals surface area contributed by atoms with Gasteiger partial charge in [0, 0.05) is 15.6 Å². The SMILES string of the molecule is Brc1ccc2oc(-c3ccccc3)cc(=[NH+]Cc3ccccc3)c2c1. The standard InChI is InChI=1S/C22H16BrNO/c23-18-11-12-21-19(13-18)20(24-15-16-7-3-1-4-8-16)14-22(25-21)17-9-5-2-6-10-17/h1-14H,15H2/p+1. The molecule has 122 valence electrons. The molecule has 1 heterocycles. The Balaban J connectivity index is 1.89. The fourth-order valence-electron chi connectivity index (χ4n) is 2.84. The lowest BCUT2D eigenvalue weighted by atomic mass is 10.1. The van der Waals surface area contributed by atoms with Crippen LogP contribution in [0.15, 0.2) is 93.8 Å². The average molecular weight is 391 g/mol. The van der Waals surface area contributed by atoms with Crippen molar-refractivity contribution in [3.63, 3.8) is 0 Å². The molecule has 0 fully saturated rings. The quantitative estimate of drug-likeness (QED) is 0.561. The average Bonchev–Trinajstić information content (AvgIpc) is 2.67. The number of fused-ring (bicyclic) bond motifs is 1. The first kappa shape index (κ1) is 15.9. The van der Waals surface area contributed by atoms with E-state index >= 15 is 0 Å². The molecule has 3 aromatic carbocycles. The Morgan fingerprint density at radius 3 is 2.28 bits per heavy atom. The maximum absolute atomic E-state index is 6.13. The Bertz CT molecular complexity index is 1070. The zero-order valence-corrected chi connectivity index (χ0v) is 15.2. The maximum Gasteiger partial charge on any atom is 0.213 e. The van der Waals surface area contributed by atoms with Crippen LogP contribution < -0.4 is 10.3 Å². The molecule has 0 aliphatic heterocycles. The van der Waals surface area contributed by atoms with Crippen LogP contribution in [0.5, 0.6) is 0 Å². The van der Waals surface area contributed by atoms with Gasteiger partial charge in [0.25, 0.3) is 0 Å². The second-order valence-corrected chi connectivity index (χ2v) is 6.79. The summed E-state index contributed by atoms with van der Waals surface area (Å²) in [5, 5.41) is 2.12. The van der Waals surface area contributed by atoms with E-state index < -0.39 is 0 Å². The van der Waals surface area contributed by atoms with Crippen molar-refractivity contribution in [2.75, 3.05) is 0 Å². The molecule has 4 aromatic rings. The highest BCUT2D eigenvalue weighted by Gasteiger charge is 2.09. The summed E-state index contributed by atoms with van der Waals surface area (Å²) >= 11 is 3.56. The van der Waals surface area contributed by atoms with Gasteiger partial charge in [0.1, 0.15) is 11.3 Å². The first-order chi connectivity index (χ1) is 12.3. The van der Waals surface area contributed by atoms with Crippen LogP contribution in [0.1, 0.15) is 5.56 Å². The fourth-order valence-corrected chi connectivity index (χ4v) is 3.20. The molecule has 0 bridgehead atoms. The monoisotopic (exact) mass is 390 g/mol. The topological polar surface area (TPSA) is 27.1 Å². The van der Waals surface area contributed by atoms with E-state index in [0.29, 0.717) is 0 Å². The molecular weight excluding hydrogens is 374 g/mol. The lowest BCUT2D eigenvalue weighted by Gasteiger charge is -2.03. The molecule has 0 spiro atoms. The summed E-state index contributed by atoms with van der Waals surface area (Å²) < 4.78 is 7.17. The van der Waals surface area contributed by atoms with E-state index in [1.807, 2.05) is 36.4 Å². The van der Waals surface area contributed by atoms with E-state index in [4.69, 9.17) is 4.42 Å². The van der Waals surface area contributed by atoms with Gasteiger partial charge in [-0.3, -0.25) is 0 Å².